The first kappa shape index (κ1) is 20.4. The van der Waals surface area contributed by atoms with Crippen LogP contribution in [0.5, 0.6) is 5.75 Å². The SMILES string of the molecule is COc1ccc(C)cc1-c1ccc(CNS(=O)(=O)c2ccc(Cl)cc2)cc1C. The highest BCUT2D eigenvalue weighted by Gasteiger charge is 2.14. The fourth-order valence-corrected chi connectivity index (χ4v) is 4.19. The second kappa shape index (κ2) is 8.35. The maximum absolute atomic E-state index is 12.4. The van der Waals surface area contributed by atoms with E-state index >= 15 is 0 Å². The van der Waals surface area contributed by atoms with Gasteiger partial charge in [0.2, 0.25) is 10.0 Å². The normalized spacial score (nSPS) is 11.4. The Hall–Kier alpha value is -2.34. The van der Waals surface area contributed by atoms with Gasteiger partial charge in [-0.05, 0) is 66.9 Å². The van der Waals surface area contributed by atoms with Gasteiger partial charge in [0.25, 0.3) is 0 Å². The van der Waals surface area contributed by atoms with Crippen LogP contribution in [0, 0.1) is 13.8 Å². The van der Waals surface area contributed by atoms with Crippen LogP contribution in [-0.4, -0.2) is 15.5 Å². The molecule has 0 fully saturated rings. The molecule has 3 rings (SSSR count). The zero-order valence-corrected chi connectivity index (χ0v) is 17.6. The average Bonchev–Trinajstić information content (AvgIpc) is 2.67. The van der Waals surface area contributed by atoms with E-state index in [4.69, 9.17) is 16.3 Å². The van der Waals surface area contributed by atoms with Crippen LogP contribution in [-0.2, 0) is 16.6 Å². The maximum atomic E-state index is 12.4. The van der Waals surface area contributed by atoms with Gasteiger partial charge in [0.05, 0.1) is 12.0 Å². The first-order valence-electron chi connectivity index (χ1n) is 8.80. The molecule has 1 N–H and O–H groups in total. The highest BCUT2D eigenvalue weighted by molar-refractivity contribution is 7.89. The molecule has 0 saturated heterocycles. The summed E-state index contributed by atoms with van der Waals surface area (Å²) in [6.45, 7) is 4.25. The lowest BCUT2D eigenvalue weighted by molar-refractivity contribution is 0.416. The molecule has 3 aromatic rings. The van der Waals surface area contributed by atoms with E-state index in [2.05, 4.69) is 10.8 Å². The third-order valence-corrected chi connectivity index (χ3v) is 6.20. The molecule has 0 aromatic heterocycles. The Labute approximate surface area is 171 Å². The van der Waals surface area contributed by atoms with E-state index < -0.39 is 10.0 Å². The van der Waals surface area contributed by atoms with Crippen LogP contribution in [0.15, 0.2) is 65.6 Å². The van der Waals surface area contributed by atoms with Crippen LogP contribution < -0.4 is 9.46 Å². The molecule has 28 heavy (non-hydrogen) atoms. The molecule has 0 aliphatic rings. The summed E-state index contributed by atoms with van der Waals surface area (Å²) in [4.78, 5) is 0.190. The van der Waals surface area contributed by atoms with Crippen molar-refractivity contribution in [2.24, 2.45) is 0 Å². The van der Waals surface area contributed by atoms with Crippen molar-refractivity contribution in [3.8, 4) is 16.9 Å². The Balaban J connectivity index is 1.82. The number of nitrogens with one attached hydrogen (secondary N) is 1. The predicted octanol–water partition coefficient (Wildman–Crippen LogP) is 5.11. The average molecular weight is 416 g/mol. The molecular formula is C22H22ClNO3S. The van der Waals surface area contributed by atoms with Gasteiger partial charge >= 0.3 is 0 Å². The fourth-order valence-electron chi connectivity index (χ4n) is 3.05. The monoisotopic (exact) mass is 415 g/mol. The smallest absolute Gasteiger partial charge is 0.240 e. The number of hydrogen-bond donors (Lipinski definition) is 1. The van der Waals surface area contributed by atoms with Crippen molar-refractivity contribution in [2.45, 2.75) is 25.3 Å². The van der Waals surface area contributed by atoms with Gasteiger partial charge < -0.3 is 4.74 Å². The van der Waals surface area contributed by atoms with E-state index in [1.807, 2.05) is 44.2 Å². The second-order valence-corrected chi connectivity index (χ2v) is 8.83. The quantitative estimate of drug-likeness (QED) is 0.608. The van der Waals surface area contributed by atoms with Crippen molar-refractivity contribution in [1.29, 1.82) is 0 Å². The molecule has 0 spiro atoms. The molecule has 3 aromatic carbocycles. The van der Waals surface area contributed by atoms with Crippen molar-refractivity contribution in [2.75, 3.05) is 7.11 Å². The Bertz CT molecular complexity index is 1090. The number of methoxy groups -OCH3 is 1. The lowest BCUT2D eigenvalue weighted by atomic mass is 9.96. The van der Waals surface area contributed by atoms with Gasteiger partial charge in [-0.15, -0.1) is 0 Å². The van der Waals surface area contributed by atoms with Gasteiger partial charge in [-0.25, -0.2) is 13.1 Å². The second-order valence-electron chi connectivity index (χ2n) is 6.63. The predicted molar refractivity (Wildman–Crippen MR) is 113 cm³/mol. The van der Waals surface area contributed by atoms with Crippen molar-refractivity contribution >= 4 is 21.6 Å². The molecule has 0 heterocycles. The summed E-state index contributed by atoms with van der Waals surface area (Å²) in [6, 6.07) is 18.1. The van der Waals surface area contributed by atoms with Gasteiger partial charge in [-0.2, -0.15) is 0 Å². The molecule has 0 amide bonds. The number of halogens is 1. The summed E-state index contributed by atoms with van der Waals surface area (Å²) in [7, 11) is -1.94. The Morgan fingerprint density at radius 1 is 0.929 bits per heavy atom. The maximum Gasteiger partial charge on any atom is 0.240 e. The molecule has 0 radical (unpaired) electrons. The number of ether oxygens (including phenoxy) is 1. The minimum Gasteiger partial charge on any atom is -0.496 e. The van der Waals surface area contributed by atoms with E-state index in [1.54, 1.807) is 19.2 Å². The minimum atomic E-state index is -3.60. The topological polar surface area (TPSA) is 55.4 Å². The van der Waals surface area contributed by atoms with Gasteiger partial charge in [0.1, 0.15) is 5.75 Å². The third kappa shape index (κ3) is 4.55. The molecule has 0 aliphatic heterocycles. The van der Waals surface area contributed by atoms with Crippen LogP contribution in [0.3, 0.4) is 0 Å². The van der Waals surface area contributed by atoms with E-state index in [0.717, 1.165) is 33.6 Å². The molecule has 6 heteroatoms. The summed E-state index contributed by atoms with van der Waals surface area (Å²) in [5, 5.41) is 0.497. The number of hydrogen-bond acceptors (Lipinski definition) is 3. The lowest BCUT2D eigenvalue weighted by Crippen LogP contribution is -2.23. The van der Waals surface area contributed by atoms with Gasteiger partial charge in [0, 0.05) is 17.1 Å². The molecule has 0 saturated carbocycles. The number of rotatable bonds is 6. The van der Waals surface area contributed by atoms with Crippen LogP contribution in [0.4, 0.5) is 0 Å². The van der Waals surface area contributed by atoms with Crippen LogP contribution in [0.1, 0.15) is 16.7 Å². The van der Waals surface area contributed by atoms with Crippen molar-refractivity contribution in [3.63, 3.8) is 0 Å². The molecule has 0 unspecified atom stereocenters. The summed E-state index contributed by atoms with van der Waals surface area (Å²) in [5.41, 5.74) is 5.16. The standard InChI is InChI=1S/C22H22ClNO3S/c1-15-4-11-22(27-3)21(12-15)20-10-5-17(13-16(20)2)14-24-28(25,26)19-8-6-18(23)7-9-19/h4-13,24H,14H2,1-3H3. The first-order chi connectivity index (χ1) is 13.3. The summed E-state index contributed by atoms with van der Waals surface area (Å²) in [6.07, 6.45) is 0. The fraction of sp³-hybridized carbons (Fsp3) is 0.182. The van der Waals surface area contributed by atoms with E-state index in [-0.39, 0.29) is 11.4 Å². The molecule has 4 nitrogen and oxygen atoms in total. The molecule has 146 valence electrons. The van der Waals surface area contributed by atoms with Crippen LogP contribution in [0.25, 0.3) is 11.1 Å². The van der Waals surface area contributed by atoms with Gasteiger partial charge in [-0.1, -0.05) is 41.4 Å². The zero-order chi connectivity index (χ0) is 20.3. The van der Waals surface area contributed by atoms with E-state index in [1.165, 1.54) is 12.1 Å². The van der Waals surface area contributed by atoms with E-state index in [0.29, 0.717) is 5.02 Å². The third-order valence-electron chi connectivity index (χ3n) is 4.53. The summed E-state index contributed by atoms with van der Waals surface area (Å²) < 4.78 is 33.0. The Kier molecular flexibility index (Phi) is 6.08. The summed E-state index contributed by atoms with van der Waals surface area (Å²) >= 11 is 5.82. The van der Waals surface area contributed by atoms with Crippen molar-refractivity contribution < 1.29 is 13.2 Å². The number of benzene rings is 3. The highest BCUT2D eigenvalue weighted by Crippen LogP contribution is 2.33. The van der Waals surface area contributed by atoms with Crippen molar-refractivity contribution in [3.05, 3.63) is 82.4 Å². The molecular weight excluding hydrogens is 394 g/mol. The number of aryl methyl sites for hydroxylation is 2. The number of sulfonamides is 1. The first-order valence-corrected chi connectivity index (χ1v) is 10.7. The minimum absolute atomic E-state index is 0.190. The van der Waals surface area contributed by atoms with Crippen molar-refractivity contribution in [1.82, 2.24) is 4.72 Å². The largest absolute Gasteiger partial charge is 0.496 e. The zero-order valence-electron chi connectivity index (χ0n) is 16.0. The lowest BCUT2D eigenvalue weighted by Gasteiger charge is -2.14. The van der Waals surface area contributed by atoms with Gasteiger partial charge in [0.15, 0.2) is 0 Å². The van der Waals surface area contributed by atoms with Crippen LogP contribution >= 0.6 is 11.6 Å². The van der Waals surface area contributed by atoms with E-state index in [9.17, 15) is 8.42 Å². The molecule has 0 aliphatic carbocycles. The molecule has 0 bridgehead atoms. The van der Waals surface area contributed by atoms with Gasteiger partial charge in [-0.3, -0.25) is 0 Å². The Morgan fingerprint density at radius 2 is 1.64 bits per heavy atom. The Morgan fingerprint density at radius 3 is 2.29 bits per heavy atom. The molecule has 0 atom stereocenters. The van der Waals surface area contributed by atoms with Crippen LogP contribution in [0.2, 0.25) is 5.02 Å². The highest BCUT2D eigenvalue weighted by atomic mass is 35.5. The summed E-state index contributed by atoms with van der Waals surface area (Å²) in [5.74, 6) is 0.810.